The molecule has 0 aliphatic carbocycles. The van der Waals surface area contributed by atoms with Crippen LogP contribution in [-0.4, -0.2) is 44.7 Å². The zero-order valence-corrected chi connectivity index (χ0v) is 16.0. The summed E-state index contributed by atoms with van der Waals surface area (Å²) in [6.45, 7) is 11.3. The molecule has 0 aromatic rings. The first-order valence-electron chi connectivity index (χ1n) is 7.47. The number of esters is 1. The van der Waals surface area contributed by atoms with E-state index in [1.165, 1.54) is 7.11 Å². The second kappa shape index (κ2) is 8.72. The maximum atomic E-state index is 11.8. The average molecular weight is 341 g/mol. The van der Waals surface area contributed by atoms with E-state index in [2.05, 4.69) is 21.5 Å². The molecule has 0 unspecified atom stereocenters. The fourth-order valence-electron chi connectivity index (χ4n) is 1.44. The molecule has 0 radical (unpaired) electrons. The summed E-state index contributed by atoms with van der Waals surface area (Å²) in [5, 5.41) is 2.42. The summed E-state index contributed by atoms with van der Waals surface area (Å²) in [5.41, 5.74) is 2.29. The molecular weight excluding hydrogens is 314 g/mol. The summed E-state index contributed by atoms with van der Waals surface area (Å²) in [7, 11) is -0.400. The first-order valence-corrected chi connectivity index (χ1v) is 11.0. The van der Waals surface area contributed by atoms with Gasteiger partial charge in [-0.2, -0.15) is 0 Å². The van der Waals surface area contributed by atoms with Crippen molar-refractivity contribution in [1.82, 2.24) is 5.32 Å². The third-order valence-electron chi connectivity index (χ3n) is 2.41. The minimum Gasteiger partial charge on any atom is -0.467 e. The molecule has 0 aromatic carbocycles. The minimum absolute atomic E-state index is 0.0625. The highest BCUT2D eigenvalue weighted by Crippen LogP contribution is 2.08. The molecule has 0 aliphatic rings. The number of carbonyl (C=O) groups is 3. The summed E-state index contributed by atoms with van der Waals surface area (Å²) in [6, 6.07) is -0.938. The standard InChI is InChI=1S/C16H27NO5Si/c1-16(2,3)22-15(20)17-13(14(19)21-4)9-8-12(18)10-11-23(5,6)7/h13H,8-9H2,1-7H3,(H,17,20)/t13-/m0/s1. The topological polar surface area (TPSA) is 81.7 Å². The Labute approximate surface area is 139 Å². The van der Waals surface area contributed by atoms with Crippen molar-refractivity contribution in [1.29, 1.82) is 0 Å². The quantitative estimate of drug-likeness (QED) is 0.471. The second-order valence-electron chi connectivity index (χ2n) is 7.18. The second-order valence-corrected chi connectivity index (χ2v) is 11.9. The molecule has 0 bridgehead atoms. The fourth-order valence-corrected chi connectivity index (χ4v) is 1.95. The minimum atomic E-state index is -1.62. The highest BCUT2D eigenvalue weighted by Gasteiger charge is 2.25. The number of methoxy groups -OCH3 is 1. The van der Waals surface area contributed by atoms with Crippen LogP contribution in [0.15, 0.2) is 0 Å². The Balaban J connectivity index is 4.69. The van der Waals surface area contributed by atoms with Crippen LogP contribution in [0, 0.1) is 11.5 Å². The van der Waals surface area contributed by atoms with Crippen LogP contribution in [-0.2, 0) is 19.1 Å². The molecule has 6 nitrogen and oxygen atoms in total. The van der Waals surface area contributed by atoms with Gasteiger partial charge in [-0.1, -0.05) is 19.6 Å². The van der Waals surface area contributed by atoms with Crippen LogP contribution in [0.25, 0.3) is 0 Å². The highest BCUT2D eigenvalue weighted by molar-refractivity contribution is 6.84. The molecule has 0 heterocycles. The molecular formula is C16H27NO5Si. The first-order chi connectivity index (χ1) is 10.3. The van der Waals surface area contributed by atoms with Crippen LogP contribution >= 0.6 is 0 Å². The zero-order valence-electron chi connectivity index (χ0n) is 15.0. The lowest BCUT2D eigenvalue weighted by molar-refractivity contribution is -0.143. The van der Waals surface area contributed by atoms with Crippen LogP contribution in [0.1, 0.15) is 33.6 Å². The van der Waals surface area contributed by atoms with Gasteiger partial charge in [0.05, 0.1) is 7.11 Å². The number of Topliss-reactive ketones (excluding diaryl/α,β-unsaturated/α-hetero) is 1. The average Bonchev–Trinajstić information content (AvgIpc) is 2.37. The van der Waals surface area contributed by atoms with E-state index < -0.39 is 31.8 Å². The molecule has 7 heteroatoms. The van der Waals surface area contributed by atoms with Crippen molar-refractivity contribution in [2.24, 2.45) is 0 Å². The highest BCUT2D eigenvalue weighted by atomic mass is 28.3. The van der Waals surface area contributed by atoms with Gasteiger partial charge in [0.25, 0.3) is 0 Å². The van der Waals surface area contributed by atoms with Crippen molar-refractivity contribution in [2.45, 2.75) is 64.9 Å². The lowest BCUT2D eigenvalue weighted by Gasteiger charge is -2.22. The predicted octanol–water partition coefficient (Wildman–Crippen LogP) is 2.28. The predicted molar refractivity (Wildman–Crippen MR) is 90.5 cm³/mol. The maximum absolute atomic E-state index is 11.8. The van der Waals surface area contributed by atoms with E-state index in [0.717, 1.165) is 0 Å². The van der Waals surface area contributed by atoms with Gasteiger partial charge in [0.15, 0.2) is 0 Å². The molecule has 23 heavy (non-hydrogen) atoms. The Morgan fingerprint density at radius 2 is 1.74 bits per heavy atom. The maximum Gasteiger partial charge on any atom is 0.408 e. The molecule has 0 saturated carbocycles. The Hall–Kier alpha value is -1.81. The van der Waals surface area contributed by atoms with Gasteiger partial charge >= 0.3 is 12.1 Å². The third kappa shape index (κ3) is 11.4. The van der Waals surface area contributed by atoms with Gasteiger partial charge in [-0.15, -0.1) is 5.54 Å². The van der Waals surface area contributed by atoms with Gasteiger partial charge < -0.3 is 14.8 Å². The molecule has 0 spiro atoms. The molecule has 0 aromatic heterocycles. The van der Waals surface area contributed by atoms with Crippen molar-refractivity contribution in [3.8, 4) is 11.5 Å². The zero-order chi connectivity index (χ0) is 18.3. The molecule has 0 fully saturated rings. The Kier molecular flexibility index (Phi) is 8.04. The molecule has 0 saturated heterocycles. The monoisotopic (exact) mass is 341 g/mol. The number of ether oxygens (including phenoxy) is 2. The molecule has 0 rings (SSSR count). The van der Waals surface area contributed by atoms with Crippen LogP contribution < -0.4 is 5.32 Å². The Bertz CT molecular complexity index is 505. The van der Waals surface area contributed by atoms with E-state index in [9.17, 15) is 14.4 Å². The number of ketones is 1. The van der Waals surface area contributed by atoms with Crippen LogP contribution in [0.4, 0.5) is 4.79 Å². The summed E-state index contributed by atoms with van der Waals surface area (Å²) in [6.07, 6.45) is -0.549. The summed E-state index contributed by atoms with van der Waals surface area (Å²) >= 11 is 0. The van der Waals surface area contributed by atoms with Gasteiger partial charge in [-0.25, -0.2) is 9.59 Å². The number of carbonyl (C=O) groups excluding carboxylic acids is 3. The van der Waals surface area contributed by atoms with Gasteiger partial charge in [-0.05, 0) is 33.1 Å². The number of amides is 1. The molecule has 0 aliphatic heterocycles. The van der Waals surface area contributed by atoms with Crippen molar-refractivity contribution in [2.75, 3.05) is 7.11 Å². The van der Waals surface area contributed by atoms with Crippen LogP contribution in [0.3, 0.4) is 0 Å². The van der Waals surface area contributed by atoms with Crippen LogP contribution in [0.5, 0.6) is 0 Å². The van der Waals surface area contributed by atoms with Crippen molar-refractivity contribution in [3.05, 3.63) is 0 Å². The number of rotatable bonds is 5. The van der Waals surface area contributed by atoms with Gasteiger partial charge in [0.1, 0.15) is 19.7 Å². The van der Waals surface area contributed by atoms with E-state index in [1.807, 2.05) is 19.6 Å². The Morgan fingerprint density at radius 1 is 1.17 bits per heavy atom. The third-order valence-corrected chi connectivity index (χ3v) is 3.29. The van der Waals surface area contributed by atoms with E-state index in [4.69, 9.17) is 4.74 Å². The van der Waals surface area contributed by atoms with E-state index in [0.29, 0.717) is 0 Å². The van der Waals surface area contributed by atoms with Gasteiger partial charge in [0, 0.05) is 6.42 Å². The van der Waals surface area contributed by atoms with Crippen LogP contribution in [0.2, 0.25) is 19.6 Å². The molecule has 1 N–H and O–H groups in total. The summed E-state index contributed by atoms with van der Waals surface area (Å²) in [4.78, 5) is 35.2. The van der Waals surface area contributed by atoms with Crippen molar-refractivity contribution in [3.63, 3.8) is 0 Å². The normalized spacial score (nSPS) is 12.5. The van der Waals surface area contributed by atoms with E-state index in [1.54, 1.807) is 20.8 Å². The van der Waals surface area contributed by atoms with Crippen molar-refractivity contribution < 1.29 is 23.9 Å². The lowest BCUT2D eigenvalue weighted by Crippen LogP contribution is -2.44. The van der Waals surface area contributed by atoms with Gasteiger partial charge in [-0.3, -0.25) is 4.79 Å². The first kappa shape index (κ1) is 21.2. The smallest absolute Gasteiger partial charge is 0.408 e. The van der Waals surface area contributed by atoms with Gasteiger partial charge in [0.2, 0.25) is 5.78 Å². The number of nitrogens with one attached hydrogen (secondary N) is 1. The number of alkyl carbamates (subject to hydrolysis) is 1. The van der Waals surface area contributed by atoms with E-state index in [-0.39, 0.29) is 18.6 Å². The lowest BCUT2D eigenvalue weighted by atomic mass is 10.1. The SMILES string of the molecule is COC(=O)[C@H](CCC(=O)C#C[Si](C)(C)C)NC(=O)OC(C)(C)C. The molecule has 130 valence electrons. The van der Waals surface area contributed by atoms with E-state index >= 15 is 0 Å². The van der Waals surface area contributed by atoms with Crippen molar-refractivity contribution >= 4 is 25.9 Å². The summed E-state index contributed by atoms with van der Waals surface area (Å²) < 4.78 is 9.74. The largest absolute Gasteiger partial charge is 0.467 e. The molecule has 1 amide bonds. The number of hydrogen-bond donors (Lipinski definition) is 1. The summed E-state index contributed by atoms with van der Waals surface area (Å²) in [5.74, 6) is 1.72. The fraction of sp³-hybridized carbons (Fsp3) is 0.688. The number of hydrogen-bond acceptors (Lipinski definition) is 5. The molecule has 1 atom stereocenters. The Morgan fingerprint density at radius 3 is 2.17 bits per heavy atom.